The molecule has 2 aromatic heterocycles. The van der Waals surface area contributed by atoms with Crippen molar-refractivity contribution in [3.05, 3.63) is 53.4 Å². The third-order valence-electron chi connectivity index (χ3n) is 3.47. The summed E-state index contributed by atoms with van der Waals surface area (Å²) < 4.78 is 44.8. The van der Waals surface area contributed by atoms with Crippen LogP contribution in [0.5, 0.6) is 0 Å². The van der Waals surface area contributed by atoms with Crippen LogP contribution in [0.15, 0.2) is 46.4 Å². The zero-order chi connectivity index (χ0) is 18.0. The molecule has 1 N–H and O–H groups in total. The molecule has 3 aromatic rings. The molecule has 0 saturated carbocycles. The van der Waals surface area contributed by atoms with E-state index in [0.29, 0.717) is 10.4 Å². The minimum atomic E-state index is -4.49. The molecule has 0 aliphatic rings. The van der Waals surface area contributed by atoms with Crippen LogP contribution < -0.4 is 0 Å². The maximum atomic E-state index is 13.2. The fourth-order valence-electron chi connectivity index (χ4n) is 2.30. The van der Waals surface area contributed by atoms with Gasteiger partial charge in [0, 0.05) is 16.9 Å². The third-order valence-corrected chi connectivity index (χ3v) is 4.39. The molecule has 0 amide bonds. The van der Waals surface area contributed by atoms with Gasteiger partial charge >= 0.3 is 12.1 Å². The van der Waals surface area contributed by atoms with Gasteiger partial charge in [0.2, 0.25) is 0 Å². The van der Waals surface area contributed by atoms with Gasteiger partial charge in [-0.3, -0.25) is 4.79 Å². The van der Waals surface area contributed by atoms with Gasteiger partial charge in [-0.25, -0.2) is 4.98 Å². The summed E-state index contributed by atoms with van der Waals surface area (Å²) in [6.07, 6.45) is -3.34. The first-order valence-electron chi connectivity index (χ1n) is 7.25. The van der Waals surface area contributed by atoms with E-state index in [4.69, 9.17) is 9.52 Å². The summed E-state index contributed by atoms with van der Waals surface area (Å²) in [6.45, 7) is 0. The first kappa shape index (κ1) is 17.2. The fourth-order valence-corrected chi connectivity index (χ4v) is 3.01. The summed E-state index contributed by atoms with van der Waals surface area (Å²) in [5, 5.41) is 10.5. The number of aryl methyl sites for hydroxylation is 1. The number of nitrogens with zero attached hydrogens (tertiary/aromatic N) is 1. The highest BCUT2D eigenvalue weighted by molar-refractivity contribution is 7.13. The number of rotatable bonds is 5. The number of hydrogen-bond donors (Lipinski definition) is 1. The first-order chi connectivity index (χ1) is 11.8. The number of benzene rings is 1. The van der Waals surface area contributed by atoms with Crippen molar-refractivity contribution in [3.8, 4) is 21.7 Å². The van der Waals surface area contributed by atoms with E-state index in [9.17, 15) is 18.0 Å². The van der Waals surface area contributed by atoms with Crippen LogP contribution >= 0.6 is 11.3 Å². The SMILES string of the molecule is O=C(O)CCc1nc(-c2cc(-c3cccs3)cc(C(F)(F)F)c2)co1. The second-order valence-corrected chi connectivity index (χ2v) is 6.24. The van der Waals surface area contributed by atoms with Gasteiger partial charge in [-0.15, -0.1) is 11.3 Å². The van der Waals surface area contributed by atoms with Crippen LogP contribution in [0.2, 0.25) is 0 Å². The molecule has 0 aliphatic carbocycles. The second kappa shape index (κ2) is 6.72. The normalized spacial score (nSPS) is 11.6. The highest BCUT2D eigenvalue weighted by atomic mass is 32.1. The molecule has 0 bridgehead atoms. The fraction of sp³-hybridized carbons (Fsp3) is 0.176. The van der Waals surface area contributed by atoms with Crippen LogP contribution in [0.4, 0.5) is 13.2 Å². The molecule has 4 nitrogen and oxygen atoms in total. The number of thiophene rings is 1. The predicted molar refractivity (Wildman–Crippen MR) is 86.2 cm³/mol. The van der Waals surface area contributed by atoms with E-state index < -0.39 is 17.7 Å². The van der Waals surface area contributed by atoms with Crippen LogP contribution in [0.1, 0.15) is 17.9 Å². The van der Waals surface area contributed by atoms with Crippen molar-refractivity contribution in [2.45, 2.75) is 19.0 Å². The number of hydrogen-bond acceptors (Lipinski definition) is 4. The Bertz CT molecular complexity index is 885. The molecule has 0 atom stereocenters. The Morgan fingerprint density at radius 1 is 1.24 bits per heavy atom. The molecule has 0 saturated heterocycles. The molecule has 0 unspecified atom stereocenters. The Hall–Kier alpha value is -2.61. The lowest BCUT2D eigenvalue weighted by Gasteiger charge is -2.10. The lowest BCUT2D eigenvalue weighted by atomic mass is 10.0. The van der Waals surface area contributed by atoms with Gasteiger partial charge in [0.1, 0.15) is 12.0 Å². The minimum Gasteiger partial charge on any atom is -0.481 e. The van der Waals surface area contributed by atoms with Crippen LogP contribution in [0.25, 0.3) is 21.7 Å². The number of oxazole rings is 1. The van der Waals surface area contributed by atoms with Crippen LogP contribution in [-0.2, 0) is 17.4 Å². The third kappa shape index (κ3) is 4.08. The Morgan fingerprint density at radius 2 is 2.00 bits per heavy atom. The van der Waals surface area contributed by atoms with E-state index in [-0.39, 0.29) is 30.0 Å². The van der Waals surface area contributed by atoms with E-state index in [1.807, 2.05) is 0 Å². The summed E-state index contributed by atoms with van der Waals surface area (Å²) in [5.41, 5.74) is 0.172. The van der Waals surface area contributed by atoms with Gasteiger partial charge in [-0.05, 0) is 35.2 Å². The molecule has 130 valence electrons. The van der Waals surface area contributed by atoms with E-state index in [0.717, 1.165) is 12.1 Å². The van der Waals surface area contributed by atoms with Gasteiger partial charge in [0.05, 0.1) is 12.0 Å². The Kier molecular flexibility index (Phi) is 4.63. The molecule has 25 heavy (non-hydrogen) atoms. The number of carboxylic acids is 1. The Morgan fingerprint density at radius 3 is 2.64 bits per heavy atom. The molecule has 0 spiro atoms. The number of aliphatic carboxylic acids is 1. The number of halogens is 3. The summed E-state index contributed by atoms with van der Waals surface area (Å²) in [7, 11) is 0. The predicted octanol–water partition coefficient (Wildman–Crippen LogP) is 5.11. The summed E-state index contributed by atoms with van der Waals surface area (Å²) >= 11 is 1.34. The maximum absolute atomic E-state index is 13.2. The topological polar surface area (TPSA) is 63.3 Å². The monoisotopic (exact) mass is 367 g/mol. The van der Waals surface area contributed by atoms with Crippen molar-refractivity contribution in [2.75, 3.05) is 0 Å². The summed E-state index contributed by atoms with van der Waals surface area (Å²) in [4.78, 5) is 15.4. The van der Waals surface area contributed by atoms with Gasteiger partial charge in [-0.1, -0.05) is 6.07 Å². The zero-order valence-corrected chi connectivity index (χ0v) is 13.5. The highest BCUT2D eigenvalue weighted by Gasteiger charge is 2.31. The quantitative estimate of drug-likeness (QED) is 0.681. The molecular weight excluding hydrogens is 355 g/mol. The molecule has 8 heteroatoms. The standard InChI is InChI=1S/C17H12F3NO3S/c18-17(19,20)12-7-10(6-11(8-12)14-2-1-5-25-14)13-9-24-15(21-13)3-4-16(22)23/h1-2,5-9H,3-4H2,(H,22,23). The van der Waals surface area contributed by atoms with Gasteiger partial charge in [-0.2, -0.15) is 13.2 Å². The van der Waals surface area contributed by atoms with Gasteiger partial charge in [0.25, 0.3) is 0 Å². The van der Waals surface area contributed by atoms with Gasteiger partial charge in [0.15, 0.2) is 5.89 Å². The van der Waals surface area contributed by atoms with Crippen molar-refractivity contribution in [1.29, 1.82) is 0 Å². The van der Waals surface area contributed by atoms with Crippen molar-refractivity contribution in [2.24, 2.45) is 0 Å². The molecule has 0 fully saturated rings. The molecule has 3 rings (SSSR count). The number of aromatic nitrogens is 1. The van der Waals surface area contributed by atoms with E-state index >= 15 is 0 Å². The summed E-state index contributed by atoms with van der Waals surface area (Å²) in [6, 6.07) is 7.22. The lowest BCUT2D eigenvalue weighted by Crippen LogP contribution is -2.05. The van der Waals surface area contributed by atoms with Crippen molar-refractivity contribution in [1.82, 2.24) is 4.98 Å². The van der Waals surface area contributed by atoms with Crippen molar-refractivity contribution >= 4 is 17.3 Å². The number of alkyl halides is 3. The minimum absolute atomic E-state index is 0.0755. The Balaban J connectivity index is 2.00. The Labute approximate surface area is 144 Å². The first-order valence-corrected chi connectivity index (χ1v) is 8.13. The zero-order valence-electron chi connectivity index (χ0n) is 12.7. The van der Waals surface area contributed by atoms with Gasteiger partial charge < -0.3 is 9.52 Å². The summed E-state index contributed by atoms with van der Waals surface area (Å²) in [5.74, 6) is -0.828. The van der Waals surface area contributed by atoms with E-state index in [1.165, 1.54) is 17.6 Å². The van der Waals surface area contributed by atoms with E-state index in [2.05, 4.69) is 4.98 Å². The average molecular weight is 367 g/mol. The van der Waals surface area contributed by atoms with Crippen molar-refractivity contribution in [3.63, 3.8) is 0 Å². The van der Waals surface area contributed by atoms with Crippen LogP contribution in [0.3, 0.4) is 0 Å². The molecule has 2 heterocycles. The maximum Gasteiger partial charge on any atom is 0.416 e. The molecule has 1 aromatic carbocycles. The molecule has 0 radical (unpaired) electrons. The lowest BCUT2D eigenvalue weighted by molar-refractivity contribution is -0.138. The average Bonchev–Trinajstić information content (AvgIpc) is 3.23. The smallest absolute Gasteiger partial charge is 0.416 e. The molecule has 0 aliphatic heterocycles. The van der Waals surface area contributed by atoms with Crippen molar-refractivity contribution < 1.29 is 27.5 Å². The number of carbonyl (C=O) groups is 1. The highest BCUT2D eigenvalue weighted by Crippen LogP contribution is 2.37. The van der Waals surface area contributed by atoms with Crippen LogP contribution in [0, 0.1) is 0 Å². The molecular formula is C17H12F3NO3S. The number of carboxylic acid groups (broad SMARTS) is 1. The second-order valence-electron chi connectivity index (χ2n) is 5.29. The van der Waals surface area contributed by atoms with E-state index in [1.54, 1.807) is 23.6 Å². The largest absolute Gasteiger partial charge is 0.481 e. The van der Waals surface area contributed by atoms with Crippen LogP contribution in [-0.4, -0.2) is 16.1 Å².